The molecule has 0 saturated heterocycles. The number of H-pyrrole nitrogens is 1. The van der Waals surface area contributed by atoms with Gasteiger partial charge in [0, 0.05) is 17.5 Å². The SMILES string of the molecule is COc1ccc2c(C(C)C)cc(=O)[nH]c2c1. The van der Waals surface area contributed by atoms with Crippen molar-refractivity contribution in [2.75, 3.05) is 7.11 Å². The zero-order valence-electron chi connectivity index (χ0n) is 9.70. The summed E-state index contributed by atoms with van der Waals surface area (Å²) in [4.78, 5) is 14.3. The number of benzene rings is 1. The first kappa shape index (κ1) is 10.7. The van der Waals surface area contributed by atoms with Crippen LogP contribution in [0.25, 0.3) is 10.9 Å². The first-order valence-electron chi connectivity index (χ1n) is 5.33. The van der Waals surface area contributed by atoms with Crippen LogP contribution in [0.15, 0.2) is 29.1 Å². The molecule has 3 nitrogen and oxygen atoms in total. The van der Waals surface area contributed by atoms with Gasteiger partial charge in [0.05, 0.1) is 12.6 Å². The number of hydrogen-bond acceptors (Lipinski definition) is 2. The van der Waals surface area contributed by atoms with Gasteiger partial charge >= 0.3 is 0 Å². The molecule has 0 radical (unpaired) electrons. The standard InChI is InChI=1S/C13H15NO2/c1-8(2)11-7-13(15)14-12-6-9(16-3)4-5-10(11)12/h4-8H,1-3H3,(H,14,15). The summed E-state index contributed by atoms with van der Waals surface area (Å²) >= 11 is 0. The van der Waals surface area contributed by atoms with E-state index in [2.05, 4.69) is 18.8 Å². The van der Waals surface area contributed by atoms with Gasteiger partial charge in [-0.2, -0.15) is 0 Å². The molecule has 0 amide bonds. The van der Waals surface area contributed by atoms with E-state index in [1.165, 1.54) is 0 Å². The minimum atomic E-state index is -0.0653. The zero-order valence-corrected chi connectivity index (χ0v) is 9.70. The summed E-state index contributed by atoms with van der Waals surface area (Å²) in [5.74, 6) is 1.09. The number of pyridine rings is 1. The van der Waals surface area contributed by atoms with Crippen LogP contribution in [0.1, 0.15) is 25.3 Å². The van der Waals surface area contributed by atoms with Crippen molar-refractivity contribution in [3.05, 3.63) is 40.2 Å². The molecular formula is C13H15NO2. The molecule has 3 heteroatoms. The molecule has 0 unspecified atom stereocenters. The van der Waals surface area contributed by atoms with Crippen molar-refractivity contribution in [2.24, 2.45) is 0 Å². The predicted octanol–water partition coefficient (Wildman–Crippen LogP) is 2.66. The highest BCUT2D eigenvalue weighted by molar-refractivity contribution is 5.83. The third kappa shape index (κ3) is 1.81. The van der Waals surface area contributed by atoms with Crippen molar-refractivity contribution >= 4 is 10.9 Å². The van der Waals surface area contributed by atoms with E-state index in [4.69, 9.17) is 4.74 Å². The van der Waals surface area contributed by atoms with Gasteiger partial charge in [0.1, 0.15) is 5.75 Å². The molecule has 84 valence electrons. The number of ether oxygens (including phenoxy) is 1. The first-order valence-corrected chi connectivity index (χ1v) is 5.33. The van der Waals surface area contributed by atoms with Gasteiger partial charge in [-0.25, -0.2) is 0 Å². The lowest BCUT2D eigenvalue weighted by molar-refractivity contribution is 0.415. The maximum absolute atomic E-state index is 11.5. The fourth-order valence-corrected chi connectivity index (χ4v) is 1.87. The fraction of sp³-hybridized carbons (Fsp3) is 0.308. The van der Waals surface area contributed by atoms with E-state index in [1.807, 2.05) is 18.2 Å². The lowest BCUT2D eigenvalue weighted by Gasteiger charge is -2.10. The molecule has 0 bridgehead atoms. The van der Waals surface area contributed by atoms with E-state index >= 15 is 0 Å². The summed E-state index contributed by atoms with van der Waals surface area (Å²) in [5, 5.41) is 1.08. The van der Waals surface area contributed by atoms with E-state index in [1.54, 1.807) is 13.2 Å². The van der Waals surface area contributed by atoms with Crippen molar-refractivity contribution in [1.29, 1.82) is 0 Å². The third-order valence-electron chi connectivity index (χ3n) is 2.70. The van der Waals surface area contributed by atoms with Gasteiger partial charge in [-0.15, -0.1) is 0 Å². The van der Waals surface area contributed by atoms with Crippen molar-refractivity contribution in [1.82, 2.24) is 4.98 Å². The molecule has 0 atom stereocenters. The Kier molecular flexibility index (Phi) is 2.69. The smallest absolute Gasteiger partial charge is 0.248 e. The van der Waals surface area contributed by atoms with Crippen LogP contribution < -0.4 is 10.3 Å². The number of aromatic nitrogens is 1. The van der Waals surface area contributed by atoms with Crippen LogP contribution in [0.3, 0.4) is 0 Å². The van der Waals surface area contributed by atoms with Crippen LogP contribution in [0.4, 0.5) is 0 Å². The average molecular weight is 217 g/mol. The van der Waals surface area contributed by atoms with Crippen LogP contribution in [-0.2, 0) is 0 Å². The van der Waals surface area contributed by atoms with Crippen LogP contribution in [0.5, 0.6) is 5.75 Å². The Balaban J connectivity index is 2.78. The van der Waals surface area contributed by atoms with Crippen LogP contribution in [0.2, 0.25) is 0 Å². The molecule has 0 fully saturated rings. The Morgan fingerprint density at radius 2 is 2.00 bits per heavy atom. The van der Waals surface area contributed by atoms with E-state index in [9.17, 15) is 4.79 Å². The quantitative estimate of drug-likeness (QED) is 0.840. The molecule has 2 rings (SSSR count). The van der Waals surface area contributed by atoms with E-state index in [-0.39, 0.29) is 5.56 Å². The van der Waals surface area contributed by atoms with Crippen molar-refractivity contribution in [3.63, 3.8) is 0 Å². The maximum Gasteiger partial charge on any atom is 0.248 e. The van der Waals surface area contributed by atoms with Gasteiger partial charge in [0.2, 0.25) is 5.56 Å². The molecule has 0 aliphatic carbocycles. The molecular weight excluding hydrogens is 202 g/mol. The lowest BCUT2D eigenvalue weighted by atomic mass is 9.99. The summed E-state index contributed by atoms with van der Waals surface area (Å²) in [6.45, 7) is 4.16. The minimum absolute atomic E-state index is 0.0653. The Hall–Kier alpha value is -1.77. The summed E-state index contributed by atoms with van der Waals surface area (Å²) in [6, 6.07) is 7.41. The summed E-state index contributed by atoms with van der Waals surface area (Å²) < 4.78 is 5.14. The highest BCUT2D eigenvalue weighted by atomic mass is 16.5. The second-order valence-corrected chi connectivity index (χ2v) is 4.16. The van der Waals surface area contributed by atoms with Gasteiger partial charge < -0.3 is 9.72 Å². The fourth-order valence-electron chi connectivity index (χ4n) is 1.87. The molecule has 0 saturated carbocycles. The van der Waals surface area contributed by atoms with Crippen molar-refractivity contribution in [2.45, 2.75) is 19.8 Å². The molecule has 1 N–H and O–H groups in total. The molecule has 16 heavy (non-hydrogen) atoms. The highest BCUT2D eigenvalue weighted by Gasteiger charge is 2.07. The van der Waals surface area contributed by atoms with Crippen molar-refractivity contribution < 1.29 is 4.74 Å². The molecule has 0 aliphatic heterocycles. The normalized spacial score (nSPS) is 11.0. The Bertz CT molecular complexity index is 570. The Morgan fingerprint density at radius 1 is 1.25 bits per heavy atom. The van der Waals surface area contributed by atoms with E-state index in [0.29, 0.717) is 5.92 Å². The molecule has 1 heterocycles. The maximum atomic E-state index is 11.5. The van der Waals surface area contributed by atoms with Gasteiger partial charge in [-0.3, -0.25) is 4.79 Å². The Morgan fingerprint density at radius 3 is 2.62 bits per heavy atom. The van der Waals surface area contributed by atoms with Gasteiger partial charge in [0.15, 0.2) is 0 Å². The average Bonchev–Trinajstić information content (AvgIpc) is 2.26. The summed E-state index contributed by atoms with van der Waals surface area (Å²) in [7, 11) is 1.62. The largest absolute Gasteiger partial charge is 0.497 e. The van der Waals surface area contributed by atoms with Crippen LogP contribution >= 0.6 is 0 Å². The monoisotopic (exact) mass is 217 g/mol. The first-order chi connectivity index (χ1) is 7.61. The van der Waals surface area contributed by atoms with Gasteiger partial charge in [-0.1, -0.05) is 13.8 Å². The second kappa shape index (κ2) is 4.00. The van der Waals surface area contributed by atoms with Crippen LogP contribution in [-0.4, -0.2) is 12.1 Å². The number of fused-ring (bicyclic) bond motifs is 1. The molecule has 1 aromatic carbocycles. The van der Waals surface area contributed by atoms with Crippen molar-refractivity contribution in [3.8, 4) is 5.75 Å². The summed E-state index contributed by atoms with van der Waals surface area (Å²) in [6.07, 6.45) is 0. The second-order valence-electron chi connectivity index (χ2n) is 4.16. The highest BCUT2D eigenvalue weighted by Crippen LogP contribution is 2.25. The number of aromatic amines is 1. The number of methoxy groups -OCH3 is 1. The van der Waals surface area contributed by atoms with Gasteiger partial charge in [0.25, 0.3) is 0 Å². The number of hydrogen-bond donors (Lipinski definition) is 1. The molecule has 1 aromatic heterocycles. The molecule has 0 spiro atoms. The lowest BCUT2D eigenvalue weighted by Crippen LogP contribution is -2.07. The number of nitrogens with one attached hydrogen (secondary N) is 1. The predicted molar refractivity (Wildman–Crippen MR) is 65.2 cm³/mol. The molecule has 0 aliphatic rings. The summed E-state index contributed by atoms with van der Waals surface area (Å²) in [5.41, 5.74) is 1.83. The van der Waals surface area contributed by atoms with Crippen LogP contribution in [0, 0.1) is 0 Å². The Labute approximate surface area is 94.1 Å². The topological polar surface area (TPSA) is 42.1 Å². The van der Waals surface area contributed by atoms with E-state index < -0.39 is 0 Å². The van der Waals surface area contributed by atoms with Gasteiger partial charge in [-0.05, 0) is 23.6 Å². The third-order valence-corrected chi connectivity index (χ3v) is 2.70. The number of rotatable bonds is 2. The molecule has 2 aromatic rings. The van der Waals surface area contributed by atoms with E-state index in [0.717, 1.165) is 22.2 Å². The zero-order chi connectivity index (χ0) is 11.7. The minimum Gasteiger partial charge on any atom is -0.497 e.